The molecule has 0 fully saturated rings. The predicted molar refractivity (Wildman–Crippen MR) is 113 cm³/mol. The van der Waals surface area contributed by atoms with Crippen molar-refractivity contribution in [2.75, 3.05) is 6.54 Å². The van der Waals surface area contributed by atoms with E-state index in [0.29, 0.717) is 23.3 Å². The lowest BCUT2D eigenvalue weighted by Gasteiger charge is -2.10. The number of benzene rings is 3. The normalized spacial score (nSPS) is 10.8. The summed E-state index contributed by atoms with van der Waals surface area (Å²) in [4.78, 5) is 11.8. The molecule has 0 amide bonds. The third-order valence-corrected chi connectivity index (χ3v) is 4.59. The van der Waals surface area contributed by atoms with Crippen LogP contribution in [0.1, 0.15) is 21.7 Å². The van der Waals surface area contributed by atoms with Crippen molar-refractivity contribution in [3.05, 3.63) is 89.7 Å². The van der Waals surface area contributed by atoms with Crippen molar-refractivity contribution in [3.8, 4) is 17.2 Å². The van der Waals surface area contributed by atoms with Crippen molar-refractivity contribution in [1.82, 2.24) is 0 Å². The number of fused-ring (bicyclic) bond motifs is 1. The molecule has 1 heterocycles. The number of phenols is 1. The summed E-state index contributed by atoms with van der Waals surface area (Å²) < 4.78 is 17.3. The van der Waals surface area contributed by atoms with Gasteiger partial charge >= 0.3 is 0 Å². The fourth-order valence-electron chi connectivity index (χ4n) is 3.08. The van der Waals surface area contributed by atoms with Crippen LogP contribution in [-0.2, 0) is 13.2 Å². The maximum absolute atomic E-state index is 11.8. The summed E-state index contributed by atoms with van der Waals surface area (Å²) in [5, 5.41) is 10.6. The van der Waals surface area contributed by atoms with Gasteiger partial charge in [0.2, 0.25) is 5.78 Å². The Labute approximate surface area is 173 Å². The van der Waals surface area contributed by atoms with E-state index in [1.807, 2.05) is 54.6 Å². The molecule has 3 N–H and O–H groups in total. The van der Waals surface area contributed by atoms with E-state index in [1.54, 1.807) is 6.07 Å². The molecule has 3 aromatic carbocycles. The van der Waals surface area contributed by atoms with Crippen LogP contribution in [0.5, 0.6) is 17.2 Å². The van der Waals surface area contributed by atoms with Crippen LogP contribution in [0.2, 0.25) is 0 Å². The van der Waals surface area contributed by atoms with Crippen LogP contribution in [0.25, 0.3) is 11.0 Å². The minimum Gasteiger partial charge on any atom is -0.508 e. The van der Waals surface area contributed by atoms with Gasteiger partial charge in [0.1, 0.15) is 36.0 Å². The summed E-state index contributed by atoms with van der Waals surface area (Å²) in [5.41, 5.74) is 7.75. The molecule has 0 radical (unpaired) electrons. The number of ether oxygens (including phenoxy) is 2. The number of rotatable bonds is 8. The Morgan fingerprint density at radius 2 is 1.67 bits per heavy atom. The quantitative estimate of drug-likeness (QED) is 0.423. The van der Waals surface area contributed by atoms with Gasteiger partial charge in [-0.25, -0.2) is 0 Å². The molecular formula is C24H21NO5. The lowest BCUT2D eigenvalue weighted by molar-refractivity contribution is 0.0977. The van der Waals surface area contributed by atoms with E-state index in [-0.39, 0.29) is 30.4 Å². The Balaban J connectivity index is 1.48. The molecule has 0 aliphatic rings. The Kier molecular flexibility index (Phi) is 5.68. The lowest BCUT2D eigenvalue weighted by atomic mass is 10.2. The molecule has 0 aliphatic carbocycles. The number of phenolic OH excluding ortho intramolecular Hbond substituents is 1. The van der Waals surface area contributed by atoms with Crippen molar-refractivity contribution < 1.29 is 23.8 Å². The van der Waals surface area contributed by atoms with Gasteiger partial charge < -0.3 is 24.7 Å². The van der Waals surface area contributed by atoms with Crippen molar-refractivity contribution >= 4 is 16.8 Å². The van der Waals surface area contributed by atoms with Gasteiger partial charge in [-0.2, -0.15) is 0 Å². The van der Waals surface area contributed by atoms with E-state index in [4.69, 9.17) is 19.6 Å². The largest absolute Gasteiger partial charge is 0.508 e. The van der Waals surface area contributed by atoms with Crippen LogP contribution in [0, 0.1) is 0 Å². The average Bonchev–Trinajstić information content (AvgIpc) is 3.20. The second-order valence-corrected chi connectivity index (χ2v) is 6.80. The van der Waals surface area contributed by atoms with Gasteiger partial charge in [0, 0.05) is 12.1 Å². The fraction of sp³-hybridized carbons (Fsp3) is 0.125. The van der Waals surface area contributed by atoms with Crippen LogP contribution in [-0.4, -0.2) is 17.4 Å². The van der Waals surface area contributed by atoms with Gasteiger partial charge in [0.05, 0.1) is 11.9 Å². The van der Waals surface area contributed by atoms with Gasteiger partial charge in [0.15, 0.2) is 5.76 Å². The molecule has 1 aromatic heterocycles. The van der Waals surface area contributed by atoms with Crippen molar-refractivity contribution in [2.24, 2.45) is 5.73 Å². The summed E-state index contributed by atoms with van der Waals surface area (Å²) in [6, 6.07) is 22.1. The smallest absolute Gasteiger partial charge is 0.211 e. The van der Waals surface area contributed by atoms with E-state index in [2.05, 4.69) is 0 Å². The molecule has 0 aliphatic heterocycles. The SMILES string of the molecule is NCC(=O)c1cc2c(OCc3cccc(OCc4ccccc4)c3)cc(O)cc2o1. The first-order valence-corrected chi connectivity index (χ1v) is 9.50. The Morgan fingerprint density at radius 1 is 0.900 bits per heavy atom. The summed E-state index contributed by atoms with van der Waals surface area (Å²) in [6.45, 7) is 0.579. The van der Waals surface area contributed by atoms with Crippen LogP contribution in [0.3, 0.4) is 0 Å². The zero-order chi connectivity index (χ0) is 20.9. The van der Waals surface area contributed by atoms with E-state index >= 15 is 0 Å². The lowest BCUT2D eigenvalue weighted by Crippen LogP contribution is -2.12. The van der Waals surface area contributed by atoms with E-state index < -0.39 is 0 Å². The van der Waals surface area contributed by atoms with Crippen LogP contribution in [0.15, 0.2) is 77.2 Å². The number of furan rings is 1. The highest BCUT2D eigenvalue weighted by Crippen LogP contribution is 2.34. The Hall–Kier alpha value is -3.77. The zero-order valence-corrected chi connectivity index (χ0v) is 16.2. The number of carbonyl (C=O) groups excluding carboxylic acids is 1. The highest BCUT2D eigenvalue weighted by Gasteiger charge is 2.15. The minimum atomic E-state index is -0.320. The van der Waals surface area contributed by atoms with Crippen LogP contribution in [0.4, 0.5) is 0 Å². The van der Waals surface area contributed by atoms with E-state index in [0.717, 1.165) is 16.9 Å². The van der Waals surface area contributed by atoms with Crippen molar-refractivity contribution in [2.45, 2.75) is 13.2 Å². The summed E-state index contributed by atoms with van der Waals surface area (Å²) in [7, 11) is 0. The molecule has 0 saturated carbocycles. The molecule has 152 valence electrons. The molecule has 0 unspecified atom stereocenters. The van der Waals surface area contributed by atoms with Gasteiger partial charge in [0.25, 0.3) is 0 Å². The number of Topliss-reactive ketones (excluding diaryl/α,β-unsaturated/α-hetero) is 1. The summed E-state index contributed by atoms with van der Waals surface area (Å²) in [5.74, 6) is 0.957. The maximum Gasteiger partial charge on any atom is 0.211 e. The van der Waals surface area contributed by atoms with Crippen molar-refractivity contribution in [1.29, 1.82) is 0 Å². The molecule has 0 atom stereocenters. The number of hydrogen-bond donors (Lipinski definition) is 2. The molecule has 0 spiro atoms. The maximum atomic E-state index is 11.8. The molecule has 0 bridgehead atoms. The number of aromatic hydroxyl groups is 1. The first-order valence-electron chi connectivity index (χ1n) is 9.50. The van der Waals surface area contributed by atoms with Gasteiger partial charge in [-0.05, 0) is 29.3 Å². The second kappa shape index (κ2) is 8.71. The third-order valence-electron chi connectivity index (χ3n) is 4.59. The van der Waals surface area contributed by atoms with Gasteiger partial charge in [-0.1, -0.05) is 42.5 Å². The van der Waals surface area contributed by atoms with Gasteiger partial charge in [-0.15, -0.1) is 0 Å². The fourth-order valence-corrected chi connectivity index (χ4v) is 3.08. The number of nitrogens with two attached hydrogens (primary N) is 1. The Bertz CT molecular complexity index is 1170. The zero-order valence-electron chi connectivity index (χ0n) is 16.2. The molecule has 30 heavy (non-hydrogen) atoms. The molecule has 6 heteroatoms. The van der Waals surface area contributed by atoms with E-state index in [9.17, 15) is 9.90 Å². The second-order valence-electron chi connectivity index (χ2n) is 6.80. The summed E-state index contributed by atoms with van der Waals surface area (Å²) >= 11 is 0. The van der Waals surface area contributed by atoms with E-state index in [1.165, 1.54) is 12.1 Å². The van der Waals surface area contributed by atoms with Crippen LogP contribution >= 0.6 is 0 Å². The first kappa shape index (κ1) is 19.5. The molecule has 4 aromatic rings. The average molecular weight is 403 g/mol. The highest BCUT2D eigenvalue weighted by molar-refractivity contribution is 6.00. The highest BCUT2D eigenvalue weighted by atomic mass is 16.5. The summed E-state index contributed by atoms with van der Waals surface area (Å²) in [6.07, 6.45) is 0. The Morgan fingerprint density at radius 3 is 2.47 bits per heavy atom. The first-order chi connectivity index (χ1) is 14.6. The standard InChI is InChI=1S/C24H21NO5/c25-13-21(27)24-12-20-22(10-18(26)11-23(20)30-24)29-15-17-7-4-8-19(9-17)28-14-16-5-2-1-3-6-16/h1-12,26H,13-15,25H2. The predicted octanol–water partition coefficient (Wildman–Crippen LogP) is 4.44. The third kappa shape index (κ3) is 4.45. The molecular weight excluding hydrogens is 382 g/mol. The molecule has 4 rings (SSSR count). The van der Waals surface area contributed by atoms with Gasteiger partial charge in [-0.3, -0.25) is 4.79 Å². The minimum absolute atomic E-state index is 0.0152. The topological polar surface area (TPSA) is 94.9 Å². The number of hydrogen-bond acceptors (Lipinski definition) is 6. The van der Waals surface area contributed by atoms with Crippen molar-refractivity contribution in [3.63, 3.8) is 0 Å². The monoisotopic (exact) mass is 403 g/mol. The molecule has 0 saturated heterocycles. The van der Waals surface area contributed by atoms with Crippen LogP contribution < -0.4 is 15.2 Å². The molecule has 6 nitrogen and oxygen atoms in total. The number of carbonyl (C=O) groups is 1. The number of ketones is 1.